The lowest BCUT2D eigenvalue weighted by molar-refractivity contribution is -0.0273. The summed E-state index contributed by atoms with van der Waals surface area (Å²) in [5, 5.41) is 0. The van der Waals surface area contributed by atoms with E-state index in [4.69, 9.17) is 30.0 Å². The Morgan fingerprint density at radius 2 is 1.55 bits per heavy atom. The van der Waals surface area contributed by atoms with E-state index in [9.17, 15) is 18.4 Å². The van der Waals surface area contributed by atoms with Crippen molar-refractivity contribution in [3.8, 4) is 0 Å². The molecule has 4 aromatic heterocycles. The van der Waals surface area contributed by atoms with Gasteiger partial charge in [-0.25, -0.2) is 34.3 Å². The summed E-state index contributed by atoms with van der Waals surface area (Å²) in [5.41, 5.74) is 13.3. The fourth-order valence-electron chi connectivity index (χ4n) is 5.19. The molecule has 226 valence electrons. The Balaban J connectivity index is 1.12. The van der Waals surface area contributed by atoms with Crippen LogP contribution < -0.4 is 11.5 Å². The molecule has 2 fully saturated rings. The van der Waals surface area contributed by atoms with Crippen LogP contribution in [0, 0.1) is 5.92 Å². The summed E-state index contributed by atoms with van der Waals surface area (Å²) in [5.74, 6) is -0.0879. The lowest BCUT2D eigenvalue weighted by Crippen LogP contribution is -2.26. The Labute approximate surface area is 242 Å². The highest BCUT2D eigenvalue weighted by molar-refractivity contribution is 8.46. The van der Waals surface area contributed by atoms with Crippen molar-refractivity contribution >= 4 is 61.0 Å². The molecular weight excluding hydrogens is 617 g/mol. The fourth-order valence-corrected chi connectivity index (χ4v) is 7.79. The van der Waals surface area contributed by atoms with E-state index in [1.807, 2.05) is 0 Å². The molecule has 17 nitrogen and oxygen atoms in total. The van der Waals surface area contributed by atoms with Crippen LogP contribution in [-0.2, 0) is 27.7 Å². The molecule has 5 N–H and O–H groups in total. The van der Waals surface area contributed by atoms with E-state index in [-0.39, 0.29) is 37.4 Å². The zero-order valence-electron chi connectivity index (χ0n) is 21.7. The number of fused-ring (bicyclic) bond motifs is 2. The van der Waals surface area contributed by atoms with E-state index in [2.05, 4.69) is 42.2 Å². The summed E-state index contributed by atoms with van der Waals surface area (Å²) in [4.78, 5) is 33.8. The quantitative estimate of drug-likeness (QED) is 0.143. The highest BCUT2D eigenvalue weighted by Crippen LogP contribution is 2.56. The molecule has 6 heterocycles. The largest absolute Gasteiger partial charge is 0.382 e. The highest BCUT2D eigenvalue weighted by Gasteiger charge is 2.43. The molecule has 0 aliphatic carbocycles. The van der Waals surface area contributed by atoms with Crippen LogP contribution in [0.5, 0.6) is 0 Å². The SMILES string of the molecule is Nc1ncnc2c1ncn2[C@H]1C[C@@H](F)C(COP(=O)(S)C[C@H]2C[C@H](n3cnc4c(N)ncnc43)O[C@@H]2CO[PH](=O)O)O1. The number of imidazole rings is 2. The van der Waals surface area contributed by atoms with Crippen LogP contribution in [0.1, 0.15) is 25.3 Å². The van der Waals surface area contributed by atoms with Crippen molar-refractivity contribution in [3.63, 3.8) is 0 Å². The average molecular weight is 645 g/mol. The van der Waals surface area contributed by atoms with Crippen molar-refractivity contribution in [1.29, 1.82) is 0 Å². The number of hydrogen-bond acceptors (Lipinski definition) is 14. The van der Waals surface area contributed by atoms with Crippen LogP contribution in [0.2, 0.25) is 0 Å². The fraction of sp³-hybridized carbons (Fsp3) is 0.524. The second-order valence-corrected chi connectivity index (χ2v) is 14.4. The van der Waals surface area contributed by atoms with Gasteiger partial charge in [-0.2, -0.15) is 0 Å². The van der Waals surface area contributed by atoms with Gasteiger partial charge in [-0.05, 0) is 6.42 Å². The normalized spacial score (nSPS) is 28.5. The maximum absolute atomic E-state index is 15.0. The average Bonchev–Trinajstić information content (AvgIpc) is 3.72. The van der Waals surface area contributed by atoms with Gasteiger partial charge in [0, 0.05) is 18.5 Å². The summed E-state index contributed by atoms with van der Waals surface area (Å²) in [7, 11) is -3.25. The number of nitrogens with zero attached hydrogens (tertiary/aromatic N) is 8. The molecule has 6 rings (SSSR count). The second-order valence-electron chi connectivity index (χ2n) is 9.86. The molecule has 42 heavy (non-hydrogen) atoms. The summed E-state index contributed by atoms with van der Waals surface area (Å²) >= 11 is 4.28. The second kappa shape index (κ2) is 11.7. The van der Waals surface area contributed by atoms with Crippen molar-refractivity contribution in [2.24, 2.45) is 5.92 Å². The minimum absolute atomic E-state index is 0.00880. The molecule has 0 amide bonds. The van der Waals surface area contributed by atoms with E-state index in [1.54, 1.807) is 9.13 Å². The van der Waals surface area contributed by atoms with Crippen molar-refractivity contribution in [1.82, 2.24) is 39.0 Å². The minimum atomic E-state index is -3.64. The molecule has 0 bridgehead atoms. The van der Waals surface area contributed by atoms with Gasteiger partial charge >= 0.3 is 8.25 Å². The first kappa shape index (κ1) is 29.3. The molecule has 0 aromatic carbocycles. The van der Waals surface area contributed by atoms with Gasteiger partial charge in [0.15, 0.2) is 22.9 Å². The Morgan fingerprint density at radius 3 is 2.14 bits per heavy atom. The Kier molecular flexibility index (Phi) is 8.19. The number of hydrogen-bond donors (Lipinski definition) is 4. The molecule has 0 radical (unpaired) electrons. The van der Waals surface area contributed by atoms with Gasteiger partial charge in [-0.1, -0.05) is 12.2 Å². The van der Waals surface area contributed by atoms with E-state index in [0.717, 1.165) is 0 Å². The predicted molar refractivity (Wildman–Crippen MR) is 149 cm³/mol. The first-order valence-electron chi connectivity index (χ1n) is 12.7. The zero-order chi connectivity index (χ0) is 29.6. The van der Waals surface area contributed by atoms with E-state index < -0.39 is 51.6 Å². The van der Waals surface area contributed by atoms with Crippen LogP contribution in [0.4, 0.5) is 16.0 Å². The number of alkyl halides is 1. The summed E-state index contributed by atoms with van der Waals surface area (Å²) in [6, 6.07) is 0. The Hall–Kier alpha value is -2.76. The molecule has 0 spiro atoms. The summed E-state index contributed by atoms with van der Waals surface area (Å²) in [6.45, 7) is -4.20. The predicted octanol–water partition coefficient (Wildman–Crippen LogP) is 1.90. The smallest absolute Gasteiger partial charge is 0.316 e. The van der Waals surface area contributed by atoms with Crippen LogP contribution in [0.25, 0.3) is 22.3 Å². The maximum Gasteiger partial charge on any atom is 0.316 e. The Morgan fingerprint density at radius 1 is 0.976 bits per heavy atom. The van der Waals surface area contributed by atoms with Gasteiger partial charge in [0.05, 0.1) is 32.0 Å². The molecule has 21 heteroatoms. The molecule has 2 aliphatic heterocycles. The third-order valence-electron chi connectivity index (χ3n) is 7.20. The third-order valence-corrected chi connectivity index (χ3v) is 9.93. The molecule has 2 aliphatic rings. The van der Waals surface area contributed by atoms with Crippen molar-refractivity contribution in [2.75, 3.05) is 30.8 Å². The van der Waals surface area contributed by atoms with Crippen LogP contribution in [-0.4, -0.2) is 81.7 Å². The van der Waals surface area contributed by atoms with Gasteiger partial charge in [-0.3, -0.25) is 18.3 Å². The number of ether oxygens (including phenoxy) is 2. The number of nitrogens with two attached hydrogens (primary N) is 2. The number of aromatic nitrogens is 8. The van der Waals surface area contributed by atoms with Crippen LogP contribution in [0.3, 0.4) is 0 Å². The number of nitrogen functional groups attached to an aromatic ring is 2. The summed E-state index contributed by atoms with van der Waals surface area (Å²) in [6.07, 6.45) is 1.17. The maximum atomic E-state index is 15.0. The first-order valence-corrected chi connectivity index (χ1v) is 17.0. The van der Waals surface area contributed by atoms with Gasteiger partial charge in [0.25, 0.3) is 6.57 Å². The van der Waals surface area contributed by atoms with E-state index >= 15 is 0 Å². The lowest BCUT2D eigenvalue weighted by atomic mass is 10.0. The molecule has 3 unspecified atom stereocenters. The minimum Gasteiger partial charge on any atom is -0.382 e. The van der Waals surface area contributed by atoms with Gasteiger partial charge in [0.1, 0.15) is 48.4 Å². The molecule has 4 aromatic rings. The molecule has 0 saturated carbocycles. The van der Waals surface area contributed by atoms with Gasteiger partial charge in [0.2, 0.25) is 0 Å². The zero-order valence-corrected chi connectivity index (χ0v) is 24.5. The number of thiol groups is 1. The number of halogens is 1. The third kappa shape index (κ3) is 5.88. The van der Waals surface area contributed by atoms with Gasteiger partial charge in [-0.15, -0.1) is 0 Å². The van der Waals surface area contributed by atoms with E-state index in [1.165, 1.54) is 25.3 Å². The van der Waals surface area contributed by atoms with Crippen molar-refractivity contribution < 1.29 is 36.9 Å². The topological polar surface area (TPSA) is 231 Å². The molecular formula is C21H27FN10O7P2S. The lowest BCUT2D eigenvalue weighted by Gasteiger charge is -2.22. The standard InChI is InChI=1S/C21H27FN10O7P2S/c22-11-2-15(32-9-30-17-19(24)26-7-28-21(17)32)39-13(11)4-37-41(35,42)5-10-1-14(38-12(10)3-36-40(33)34)31-8-29-16-18(23)25-6-27-20(16)31/h6-15,40H,1-5H2,(H,33,34)(H,35,42)(H2,23,25,27)(H2,24,26,28)/t10-,11-,12-,13?,14-,15-,41?/m1/s1. The Bertz CT molecular complexity index is 1680. The molecule has 8 atom stereocenters. The van der Waals surface area contributed by atoms with Gasteiger partial charge < -0.3 is 34.9 Å². The van der Waals surface area contributed by atoms with Crippen LogP contribution >= 0.6 is 27.1 Å². The highest BCUT2D eigenvalue weighted by atomic mass is 32.7. The van der Waals surface area contributed by atoms with Crippen molar-refractivity contribution in [2.45, 2.75) is 43.7 Å². The first-order chi connectivity index (χ1) is 20.1. The number of anilines is 2. The summed E-state index contributed by atoms with van der Waals surface area (Å²) < 4.78 is 65.4. The van der Waals surface area contributed by atoms with Crippen LogP contribution in [0.15, 0.2) is 25.3 Å². The number of rotatable bonds is 10. The van der Waals surface area contributed by atoms with E-state index in [0.29, 0.717) is 28.7 Å². The van der Waals surface area contributed by atoms with Crippen molar-refractivity contribution in [3.05, 3.63) is 25.3 Å². The monoisotopic (exact) mass is 644 g/mol. The molecule has 2 saturated heterocycles.